The zero-order chi connectivity index (χ0) is 5.98. The van der Waals surface area contributed by atoms with Crippen LogP contribution in [0.2, 0.25) is 0 Å². The van der Waals surface area contributed by atoms with Gasteiger partial charge in [-0.05, 0) is 6.08 Å². The summed E-state index contributed by atoms with van der Waals surface area (Å²) in [7, 11) is 0. The van der Waals surface area contributed by atoms with Gasteiger partial charge in [-0.2, -0.15) is 0 Å². The summed E-state index contributed by atoms with van der Waals surface area (Å²) in [6.45, 7) is 3.49. The van der Waals surface area contributed by atoms with Gasteiger partial charge < -0.3 is 10.7 Å². The lowest BCUT2D eigenvalue weighted by atomic mass is 10.6. The van der Waals surface area contributed by atoms with Crippen molar-refractivity contribution < 1.29 is 0 Å². The van der Waals surface area contributed by atoms with Crippen molar-refractivity contribution in [3.63, 3.8) is 0 Å². The Morgan fingerprint density at radius 2 is 2.62 bits per heavy atom. The number of nitrogens with zero attached hydrogens (tertiary/aromatic N) is 1. The van der Waals surface area contributed by atoms with E-state index in [4.69, 9.17) is 5.73 Å². The van der Waals surface area contributed by atoms with Crippen LogP contribution in [0.25, 0.3) is 6.08 Å². The summed E-state index contributed by atoms with van der Waals surface area (Å²) in [6, 6.07) is 0. The summed E-state index contributed by atoms with van der Waals surface area (Å²) in [6.07, 6.45) is 3.16. The first-order chi connectivity index (χ1) is 3.83. The number of anilines is 1. The molecule has 0 aliphatic carbocycles. The van der Waals surface area contributed by atoms with Crippen molar-refractivity contribution in [1.82, 2.24) is 9.97 Å². The van der Waals surface area contributed by atoms with Crippen molar-refractivity contribution in [3.05, 3.63) is 18.6 Å². The van der Waals surface area contributed by atoms with Crippen LogP contribution in [0.4, 0.5) is 5.82 Å². The molecule has 1 rings (SSSR count). The normalized spacial score (nSPS) is 9.00. The van der Waals surface area contributed by atoms with E-state index < -0.39 is 0 Å². The molecule has 42 valence electrons. The van der Waals surface area contributed by atoms with Crippen LogP contribution in [0, 0.1) is 0 Å². The molecule has 1 aromatic heterocycles. The number of rotatable bonds is 1. The van der Waals surface area contributed by atoms with Crippen LogP contribution in [0.1, 0.15) is 5.82 Å². The van der Waals surface area contributed by atoms with Crippen LogP contribution in [0.5, 0.6) is 0 Å². The number of nitrogen functional groups attached to an aromatic ring is 1. The van der Waals surface area contributed by atoms with Crippen LogP contribution in [0.3, 0.4) is 0 Å². The second-order valence-electron chi connectivity index (χ2n) is 1.43. The Morgan fingerprint density at radius 1 is 1.88 bits per heavy atom. The number of hydrogen-bond donors (Lipinski definition) is 2. The Morgan fingerprint density at radius 3 is 2.88 bits per heavy atom. The molecular formula is C5H7N3. The van der Waals surface area contributed by atoms with Crippen molar-refractivity contribution in [2.75, 3.05) is 5.73 Å². The quantitative estimate of drug-likeness (QED) is 0.555. The second-order valence-corrected chi connectivity index (χ2v) is 1.43. The second kappa shape index (κ2) is 1.69. The summed E-state index contributed by atoms with van der Waals surface area (Å²) in [4.78, 5) is 6.61. The van der Waals surface area contributed by atoms with Gasteiger partial charge in [0.1, 0.15) is 11.6 Å². The van der Waals surface area contributed by atoms with E-state index in [0.717, 1.165) is 0 Å². The van der Waals surface area contributed by atoms with Crippen LogP contribution in [-0.2, 0) is 0 Å². The molecule has 0 fully saturated rings. The first kappa shape index (κ1) is 4.90. The van der Waals surface area contributed by atoms with E-state index >= 15 is 0 Å². The molecule has 0 unspecified atom stereocenters. The predicted octanol–water partition coefficient (Wildman–Crippen LogP) is 0.635. The fraction of sp³-hybridized carbons (Fsp3) is 0. The number of imidazole rings is 1. The topological polar surface area (TPSA) is 54.7 Å². The minimum atomic E-state index is 0.569. The summed E-state index contributed by atoms with van der Waals surface area (Å²) in [5, 5.41) is 0. The molecule has 0 aliphatic heterocycles. The Kier molecular flexibility index (Phi) is 1.04. The highest BCUT2D eigenvalue weighted by Gasteiger charge is 1.87. The fourth-order valence-electron chi connectivity index (χ4n) is 0.455. The standard InChI is InChI=1S/C5H7N3/c1-2-5-7-3-4(6)8-5/h2-3H,1,6H2,(H,7,8). The van der Waals surface area contributed by atoms with E-state index in [1.165, 1.54) is 0 Å². The third-order valence-corrected chi connectivity index (χ3v) is 0.808. The highest BCUT2D eigenvalue weighted by atomic mass is 15.0. The molecule has 0 aromatic carbocycles. The largest absolute Gasteiger partial charge is 0.384 e. The average molecular weight is 109 g/mol. The molecule has 3 nitrogen and oxygen atoms in total. The molecule has 3 heteroatoms. The lowest BCUT2D eigenvalue weighted by Crippen LogP contribution is -1.81. The van der Waals surface area contributed by atoms with Gasteiger partial charge in [-0.15, -0.1) is 0 Å². The smallest absolute Gasteiger partial charge is 0.130 e. The number of aromatic nitrogens is 2. The molecule has 0 saturated carbocycles. The molecule has 0 aliphatic rings. The first-order valence-electron chi connectivity index (χ1n) is 2.26. The highest BCUT2D eigenvalue weighted by Crippen LogP contribution is 1.96. The molecule has 0 spiro atoms. The zero-order valence-electron chi connectivity index (χ0n) is 4.39. The van der Waals surface area contributed by atoms with Gasteiger partial charge in [0.05, 0.1) is 6.20 Å². The number of aromatic amines is 1. The number of nitrogens with one attached hydrogen (secondary N) is 1. The maximum absolute atomic E-state index is 5.29. The van der Waals surface area contributed by atoms with E-state index in [2.05, 4.69) is 16.5 Å². The lowest BCUT2D eigenvalue weighted by molar-refractivity contribution is 1.27. The summed E-state index contributed by atoms with van der Waals surface area (Å²) >= 11 is 0. The number of H-pyrrole nitrogens is 1. The van der Waals surface area contributed by atoms with Crippen molar-refractivity contribution in [1.29, 1.82) is 0 Å². The Bertz CT molecular complexity index is 189. The molecule has 3 N–H and O–H groups in total. The minimum absolute atomic E-state index is 0.569. The van der Waals surface area contributed by atoms with E-state index in [9.17, 15) is 0 Å². The Labute approximate surface area is 47.2 Å². The maximum atomic E-state index is 5.29. The van der Waals surface area contributed by atoms with Gasteiger partial charge in [-0.3, -0.25) is 0 Å². The SMILES string of the molecule is C=Cc1ncc(N)[nH]1. The lowest BCUT2D eigenvalue weighted by Gasteiger charge is -1.77. The summed E-state index contributed by atoms with van der Waals surface area (Å²) < 4.78 is 0. The predicted molar refractivity (Wildman–Crippen MR) is 33.1 cm³/mol. The molecule has 0 atom stereocenters. The van der Waals surface area contributed by atoms with Gasteiger partial charge in [-0.25, -0.2) is 4.98 Å². The molecular weight excluding hydrogens is 102 g/mol. The van der Waals surface area contributed by atoms with Crippen LogP contribution >= 0.6 is 0 Å². The van der Waals surface area contributed by atoms with E-state index in [1.807, 2.05) is 0 Å². The number of nitrogens with two attached hydrogens (primary N) is 1. The molecule has 8 heavy (non-hydrogen) atoms. The van der Waals surface area contributed by atoms with Crippen molar-refractivity contribution in [2.45, 2.75) is 0 Å². The van der Waals surface area contributed by atoms with Crippen molar-refractivity contribution in [2.24, 2.45) is 0 Å². The fourth-order valence-corrected chi connectivity index (χ4v) is 0.455. The van der Waals surface area contributed by atoms with Gasteiger partial charge in [-0.1, -0.05) is 6.58 Å². The van der Waals surface area contributed by atoms with Gasteiger partial charge in [0.2, 0.25) is 0 Å². The summed E-state index contributed by atoms with van der Waals surface area (Å²) in [5.41, 5.74) is 5.29. The monoisotopic (exact) mass is 109 g/mol. The number of hydrogen-bond acceptors (Lipinski definition) is 2. The Balaban J connectivity index is 3.00. The molecule has 0 saturated heterocycles. The average Bonchev–Trinajstić information content (AvgIpc) is 2.14. The Hall–Kier alpha value is -1.25. The summed E-state index contributed by atoms with van der Waals surface area (Å²) in [5.74, 6) is 1.28. The van der Waals surface area contributed by atoms with Gasteiger partial charge in [0.25, 0.3) is 0 Å². The molecule has 0 bridgehead atoms. The van der Waals surface area contributed by atoms with Crippen molar-refractivity contribution >= 4 is 11.9 Å². The van der Waals surface area contributed by atoms with E-state index in [-0.39, 0.29) is 0 Å². The molecule has 1 heterocycles. The third kappa shape index (κ3) is 0.703. The van der Waals surface area contributed by atoms with E-state index in [0.29, 0.717) is 11.6 Å². The third-order valence-electron chi connectivity index (χ3n) is 0.808. The van der Waals surface area contributed by atoms with Crippen molar-refractivity contribution in [3.8, 4) is 0 Å². The minimum Gasteiger partial charge on any atom is -0.384 e. The molecule has 1 aromatic rings. The van der Waals surface area contributed by atoms with Gasteiger partial charge in [0.15, 0.2) is 0 Å². The molecule has 0 radical (unpaired) electrons. The zero-order valence-corrected chi connectivity index (χ0v) is 4.39. The van der Waals surface area contributed by atoms with E-state index in [1.54, 1.807) is 12.3 Å². The van der Waals surface area contributed by atoms with Crippen LogP contribution < -0.4 is 5.73 Å². The molecule has 0 amide bonds. The maximum Gasteiger partial charge on any atom is 0.130 e. The van der Waals surface area contributed by atoms with Gasteiger partial charge in [0, 0.05) is 0 Å². The first-order valence-corrected chi connectivity index (χ1v) is 2.26. The van der Waals surface area contributed by atoms with Gasteiger partial charge >= 0.3 is 0 Å². The van der Waals surface area contributed by atoms with Crippen LogP contribution in [-0.4, -0.2) is 9.97 Å². The highest BCUT2D eigenvalue weighted by molar-refractivity contribution is 5.40. The van der Waals surface area contributed by atoms with Crippen LogP contribution in [0.15, 0.2) is 12.8 Å².